The minimum atomic E-state index is -1.15. The molecule has 2 saturated heterocycles. The molecule has 11 nitrogen and oxygen atoms in total. The number of aliphatic hydroxyl groups excluding tert-OH is 1. The zero-order valence-electron chi connectivity index (χ0n) is 25.2. The Labute approximate surface area is 260 Å². The predicted molar refractivity (Wildman–Crippen MR) is 167 cm³/mol. The first-order valence-corrected chi connectivity index (χ1v) is 15.3. The van der Waals surface area contributed by atoms with Gasteiger partial charge in [0.05, 0.1) is 17.5 Å². The van der Waals surface area contributed by atoms with Gasteiger partial charge in [0.25, 0.3) is 11.5 Å². The van der Waals surface area contributed by atoms with Crippen LogP contribution in [-0.2, 0) is 18.4 Å². The third kappa shape index (κ3) is 6.05. The van der Waals surface area contributed by atoms with Crippen LogP contribution in [0, 0.1) is 5.92 Å². The van der Waals surface area contributed by atoms with Gasteiger partial charge in [0.2, 0.25) is 5.91 Å². The molecule has 0 saturated carbocycles. The molecule has 2 aliphatic rings. The lowest BCUT2D eigenvalue weighted by molar-refractivity contribution is -0.142. The topological polar surface area (TPSA) is 138 Å². The maximum Gasteiger partial charge on any atom is 0.262 e. The molecule has 0 radical (unpaired) electrons. The number of rotatable bonds is 7. The zero-order valence-corrected chi connectivity index (χ0v) is 25.2. The molecule has 2 N–H and O–H groups in total. The number of amides is 2. The van der Waals surface area contributed by atoms with Crippen LogP contribution >= 0.6 is 0 Å². The Balaban J connectivity index is 1.15. The van der Waals surface area contributed by atoms with E-state index in [4.69, 9.17) is 0 Å². The predicted octanol–water partition coefficient (Wildman–Crippen LogP) is 2.21. The number of benzene rings is 2. The summed E-state index contributed by atoms with van der Waals surface area (Å²) in [6.45, 7) is 0.909. The average Bonchev–Trinajstić information content (AvgIpc) is 3.46. The first-order valence-electron chi connectivity index (χ1n) is 15.3. The molecule has 0 unspecified atom stereocenters. The highest BCUT2D eigenvalue weighted by Crippen LogP contribution is 2.36. The van der Waals surface area contributed by atoms with Crippen molar-refractivity contribution in [2.75, 3.05) is 32.8 Å². The number of hydrogen-bond donors (Lipinski definition) is 2. The lowest BCUT2D eigenvalue weighted by atomic mass is 9.79. The lowest BCUT2D eigenvalue weighted by Crippen LogP contribution is -2.53. The number of likely N-dealkylation sites (tertiary alicyclic amines) is 2. The van der Waals surface area contributed by atoms with Crippen molar-refractivity contribution in [1.82, 2.24) is 23.9 Å². The van der Waals surface area contributed by atoms with E-state index in [9.17, 15) is 29.4 Å². The molecule has 2 aromatic carbocycles. The molecular weight excluding hydrogens is 574 g/mol. The summed E-state index contributed by atoms with van der Waals surface area (Å²) in [5.41, 5.74) is 0.850. The van der Waals surface area contributed by atoms with Gasteiger partial charge in [-0.3, -0.25) is 23.7 Å². The van der Waals surface area contributed by atoms with Crippen LogP contribution in [0.3, 0.4) is 0 Å². The third-order valence-corrected chi connectivity index (χ3v) is 9.34. The lowest BCUT2D eigenvalue weighted by Gasteiger charge is -2.43. The van der Waals surface area contributed by atoms with Gasteiger partial charge in [0, 0.05) is 62.4 Å². The second-order valence-corrected chi connectivity index (χ2v) is 12.2. The van der Waals surface area contributed by atoms with E-state index in [0.717, 1.165) is 5.56 Å². The fourth-order valence-corrected chi connectivity index (χ4v) is 6.72. The summed E-state index contributed by atoms with van der Waals surface area (Å²) >= 11 is 0. The third-order valence-electron chi connectivity index (χ3n) is 9.34. The number of aliphatic hydroxyl groups is 2. The Bertz CT molecular complexity index is 1790. The van der Waals surface area contributed by atoms with Gasteiger partial charge in [-0.25, -0.2) is 4.98 Å². The van der Waals surface area contributed by atoms with Gasteiger partial charge in [0.1, 0.15) is 18.6 Å². The second-order valence-electron chi connectivity index (χ2n) is 12.2. The quantitative estimate of drug-likeness (QED) is 0.306. The summed E-state index contributed by atoms with van der Waals surface area (Å²) < 4.78 is 3.23. The van der Waals surface area contributed by atoms with Gasteiger partial charge in [-0.05, 0) is 43.0 Å². The van der Waals surface area contributed by atoms with Crippen molar-refractivity contribution < 1.29 is 24.6 Å². The van der Waals surface area contributed by atoms with Crippen LogP contribution < -0.4 is 5.56 Å². The van der Waals surface area contributed by atoms with E-state index in [1.165, 1.54) is 17.0 Å². The van der Waals surface area contributed by atoms with Crippen LogP contribution in [0.25, 0.3) is 11.0 Å². The fraction of sp³-hybridized carbons (Fsp3) is 0.382. The molecule has 4 heterocycles. The first-order chi connectivity index (χ1) is 21.7. The molecular formula is C34H37N5O6. The van der Waals surface area contributed by atoms with Crippen LogP contribution in [-0.4, -0.2) is 90.1 Å². The van der Waals surface area contributed by atoms with Gasteiger partial charge >= 0.3 is 0 Å². The number of ketones is 1. The Morgan fingerprint density at radius 3 is 2.42 bits per heavy atom. The van der Waals surface area contributed by atoms with E-state index >= 15 is 0 Å². The van der Waals surface area contributed by atoms with Crippen molar-refractivity contribution in [2.45, 2.75) is 37.3 Å². The fourth-order valence-electron chi connectivity index (χ4n) is 6.72. The van der Waals surface area contributed by atoms with E-state index < -0.39 is 18.0 Å². The maximum atomic E-state index is 14.0. The Hall–Kier alpha value is -4.61. The molecule has 2 aromatic heterocycles. The largest absolute Gasteiger partial charge is 0.388 e. The number of fused-ring (bicyclic) bond motifs is 1. The van der Waals surface area contributed by atoms with Crippen molar-refractivity contribution in [3.8, 4) is 0 Å². The molecule has 2 fully saturated rings. The van der Waals surface area contributed by atoms with Crippen LogP contribution in [0.1, 0.15) is 51.5 Å². The van der Waals surface area contributed by atoms with E-state index in [1.54, 1.807) is 44.8 Å². The van der Waals surface area contributed by atoms with Gasteiger partial charge in [-0.15, -0.1) is 0 Å². The molecule has 0 spiro atoms. The molecule has 2 atom stereocenters. The molecule has 0 bridgehead atoms. The zero-order chi connectivity index (χ0) is 31.7. The maximum absolute atomic E-state index is 14.0. The molecule has 11 heteroatoms. The highest BCUT2D eigenvalue weighted by atomic mass is 16.3. The number of Topliss-reactive ketones (excluding diaryl/α,β-unsaturated/α-hetero) is 1. The van der Waals surface area contributed by atoms with E-state index in [-0.39, 0.29) is 41.3 Å². The van der Waals surface area contributed by atoms with Crippen molar-refractivity contribution in [3.05, 3.63) is 100 Å². The summed E-state index contributed by atoms with van der Waals surface area (Å²) in [5.74, 6) is -1.27. The number of nitrogens with zero attached hydrogens (tertiary/aromatic N) is 5. The highest BCUT2D eigenvalue weighted by Gasteiger charge is 2.41. The Kier molecular flexibility index (Phi) is 8.39. The number of carbonyl (C=O) groups excluding carboxylic acids is 3. The van der Waals surface area contributed by atoms with E-state index in [1.807, 2.05) is 37.4 Å². The Morgan fingerprint density at radius 2 is 1.69 bits per heavy atom. The van der Waals surface area contributed by atoms with Crippen molar-refractivity contribution in [1.29, 1.82) is 0 Å². The Morgan fingerprint density at radius 1 is 0.956 bits per heavy atom. The minimum absolute atomic E-state index is 0.00178. The summed E-state index contributed by atoms with van der Waals surface area (Å²) in [5, 5.41) is 21.2. The SMILES string of the molecule is Cn1ccc2c(=O)n(CC3(O)CCN(C(=O)[C@@H]4CCN(C(=O)c5cccc(C(=O)CO)c5)C[C@H]4c4ccccc4)CC3)cnc21. The van der Waals surface area contributed by atoms with Gasteiger partial charge in [0.15, 0.2) is 5.78 Å². The standard InChI is InChI=1S/C34H37N5O6/c1-36-14-10-27-30(36)35-22-39(33(27)44)21-34(45)12-16-37(17-13-34)32(43)26-11-15-38(19-28(26)23-6-3-2-4-7-23)31(42)25-9-5-8-24(18-25)29(41)20-40/h2-10,14,18,22,26,28,40,45H,11-13,15-17,19-21H2,1H3/t26-,28+/m1/s1. The average molecular weight is 612 g/mol. The normalized spacial score (nSPS) is 19.9. The van der Waals surface area contributed by atoms with Gasteiger partial charge in [-0.2, -0.15) is 0 Å². The van der Waals surface area contributed by atoms with Crippen molar-refractivity contribution >= 4 is 28.6 Å². The van der Waals surface area contributed by atoms with E-state index in [0.29, 0.717) is 62.0 Å². The molecule has 6 rings (SSSR count). The summed E-state index contributed by atoms with van der Waals surface area (Å²) in [6.07, 6.45) is 4.38. The molecule has 0 aliphatic carbocycles. The van der Waals surface area contributed by atoms with Crippen LogP contribution in [0.15, 0.2) is 78.0 Å². The smallest absolute Gasteiger partial charge is 0.262 e. The summed E-state index contributed by atoms with van der Waals surface area (Å²) in [7, 11) is 1.82. The van der Waals surface area contributed by atoms with Crippen LogP contribution in [0.5, 0.6) is 0 Å². The second kappa shape index (κ2) is 12.4. The van der Waals surface area contributed by atoms with Crippen LogP contribution in [0.4, 0.5) is 0 Å². The monoisotopic (exact) mass is 611 g/mol. The van der Waals surface area contributed by atoms with Crippen molar-refractivity contribution in [3.63, 3.8) is 0 Å². The number of hydrogen-bond acceptors (Lipinski definition) is 7. The van der Waals surface area contributed by atoms with Crippen molar-refractivity contribution in [2.24, 2.45) is 13.0 Å². The van der Waals surface area contributed by atoms with Gasteiger partial charge in [-0.1, -0.05) is 42.5 Å². The van der Waals surface area contributed by atoms with E-state index in [2.05, 4.69) is 4.98 Å². The molecule has 4 aromatic rings. The molecule has 45 heavy (non-hydrogen) atoms. The summed E-state index contributed by atoms with van der Waals surface area (Å²) in [6, 6.07) is 17.8. The minimum Gasteiger partial charge on any atom is -0.388 e. The van der Waals surface area contributed by atoms with Crippen LogP contribution in [0.2, 0.25) is 0 Å². The highest BCUT2D eigenvalue weighted by molar-refractivity contribution is 6.01. The van der Waals surface area contributed by atoms with Gasteiger partial charge < -0.3 is 24.6 Å². The summed E-state index contributed by atoms with van der Waals surface area (Å²) in [4.78, 5) is 60.5. The first kappa shape index (κ1) is 30.4. The molecule has 2 aliphatic heterocycles. The molecule has 2 amide bonds. The number of aromatic nitrogens is 3. The number of aryl methyl sites for hydroxylation is 1. The number of carbonyl (C=O) groups is 3. The number of piperidine rings is 2. The molecule has 234 valence electrons.